The van der Waals surface area contributed by atoms with E-state index in [9.17, 15) is 4.79 Å². The second-order valence-corrected chi connectivity index (χ2v) is 4.56. The summed E-state index contributed by atoms with van der Waals surface area (Å²) >= 11 is 0. The lowest BCUT2D eigenvalue weighted by atomic mass is 10.1. The maximum Gasteiger partial charge on any atom is 0.219 e. The Labute approximate surface area is 110 Å². The molecule has 0 fully saturated rings. The van der Waals surface area contributed by atoms with Gasteiger partial charge in [-0.25, -0.2) is 0 Å². The summed E-state index contributed by atoms with van der Waals surface area (Å²) in [7, 11) is 0. The summed E-state index contributed by atoms with van der Waals surface area (Å²) in [5.41, 5.74) is 5.33. The Morgan fingerprint density at radius 2 is 1.78 bits per heavy atom. The first-order valence-corrected chi connectivity index (χ1v) is 6.93. The molecular weight excluding hydrogens is 230 g/mol. The minimum Gasteiger partial charge on any atom is -0.409 e. The van der Waals surface area contributed by atoms with Gasteiger partial charge in [0.2, 0.25) is 5.91 Å². The molecule has 0 aliphatic carbocycles. The number of hydrogen-bond donors (Lipinski definition) is 3. The minimum atomic E-state index is 0.135. The highest BCUT2D eigenvalue weighted by molar-refractivity contribution is 5.79. The molecule has 0 aromatic carbocycles. The van der Waals surface area contributed by atoms with Crippen LogP contribution >= 0.6 is 0 Å². The zero-order valence-electron chi connectivity index (χ0n) is 11.5. The van der Waals surface area contributed by atoms with Crippen LogP contribution in [-0.4, -0.2) is 23.5 Å². The smallest absolute Gasteiger partial charge is 0.219 e. The van der Waals surface area contributed by atoms with E-state index in [0.717, 1.165) is 25.7 Å². The van der Waals surface area contributed by atoms with Crippen LogP contribution in [0, 0.1) is 0 Å². The molecule has 0 rings (SSSR count). The minimum absolute atomic E-state index is 0.135. The summed E-state index contributed by atoms with van der Waals surface area (Å²) in [6, 6.07) is 0. The fourth-order valence-electron chi connectivity index (χ4n) is 1.69. The van der Waals surface area contributed by atoms with Crippen LogP contribution in [0.1, 0.15) is 64.7 Å². The molecule has 5 nitrogen and oxygen atoms in total. The maximum atomic E-state index is 11.4. The van der Waals surface area contributed by atoms with Crippen LogP contribution in [0.2, 0.25) is 0 Å². The molecule has 0 saturated carbocycles. The summed E-state index contributed by atoms with van der Waals surface area (Å²) in [6.45, 7) is 2.85. The molecule has 0 spiro atoms. The van der Waals surface area contributed by atoms with Crippen LogP contribution in [0.15, 0.2) is 5.16 Å². The number of unbranched alkanes of at least 4 members (excludes halogenated alkanes) is 5. The number of nitrogens with two attached hydrogens (primary N) is 1. The fourth-order valence-corrected chi connectivity index (χ4v) is 1.69. The summed E-state index contributed by atoms with van der Waals surface area (Å²) in [5.74, 6) is 0.382. The number of amides is 1. The zero-order valence-corrected chi connectivity index (χ0v) is 11.5. The fraction of sp³-hybridized carbons (Fsp3) is 0.846. The highest BCUT2D eigenvalue weighted by Gasteiger charge is 2.00. The molecule has 0 aliphatic heterocycles. The Hall–Kier alpha value is -1.26. The molecule has 0 aromatic rings. The predicted octanol–water partition coefficient (Wildman–Crippen LogP) is 2.38. The molecule has 0 radical (unpaired) electrons. The van der Waals surface area contributed by atoms with Crippen molar-refractivity contribution < 1.29 is 10.0 Å². The van der Waals surface area contributed by atoms with Gasteiger partial charge in [0.15, 0.2) is 0 Å². The quantitative estimate of drug-likeness (QED) is 0.174. The molecule has 0 aliphatic rings. The van der Waals surface area contributed by atoms with Gasteiger partial charge >= 0.3 is 0 Å². The van der Waals surface area contributed by atoms with Crippen molar-refractivity contribution in [2.75, 3.05) is 6.54 Å². The van der Waals surface area contributed by atoms with Crippen LogP contribution in [0.25, 0.3) is 0 Å². The highest BCUT2D eigenvalue weighted by Crippen LogP contribution is 2.04. The topological polar surface area (TPSA) is 87.7 Å². The number of amidine groups is 1. The average Bonchev–Trinajstić information content (AvgIpc) is 2.37. The Bertz CT molecular complexity index is 242. The summed E-state index contributed by atoms with van der Waals surface area (Å²) in [4.78, 5) is 11.4. The first kappa shape index (κ1) is 16.7. The molecule has 1 amide bonds. The van der Waals surface area contributed by atoms with Crippen LogP contribution in [0.4, 0.5) is 0 Å². The zero-order chi connectivity index (χ0) is 13.6. The molecule has 0 saturated heterocycles. The van der Waals surface area contributed by atoms with E-state index >= 15 is 0 Å². The molecule has 106 valence electrons. The SMILES string of the molecule is CCCCCCCC(=O)NCCCCC(N)=NO. The van der Waals surface area contributed by atoms with E-state index in [4.69, 9.17) is 10.9 Å². The van der Waals surface area contributed by atoms with Crippen molar-refractivity contribution in [3.8, 4) is 0 Å². The van der Waals surface area contributed by atoms with E-state index < -0.39 is 0 Å². The van der Waals surface area contributed by atoms with Gasteiger partial charge in [-0.2, -0.15) is 0 Å². The van der Waals surface area contributed by atoms with Crippen molar-refractivity contribution in [3.05, 3.63) is 0 Å². The van der Waals surface area contributed by atoms with Crippen LogP contribution in [0.3, 0.4) is 0 Å². The van der Waals surface area contributed by atoms with Gasteiger partial charge in [0.25, 0.3) is 0 Å². The van der Waals surface area contributed by atoms with Gasteiger partial charge in [-0.1, -0.05) is 37.8 Å². The molecule has 0 atom stereocenters. The van der Waals surface area contributed by atoms with Gasteiger partial charge in [-0.15, -0.1) is 0 Å². The number of hydrogen-bond acceptors (Lipinski definition) is 3. The lowest BCUT2D eigenvalue weighted by molar-refractivity contribution is -0.121. The Kier molecular flexibility index (Phi) is 11.3. The number of nitrogens with one attached hydrogen (secondary N) is 1. The number of carbonyl (C=O) groups excluding carboxylic acids is 1. The monoisotopic (exact) mass is 257 g/mol. The molecular formula is C13H27N3O2. The third kappa shape index (κ3) is 11.2. The first-order valence-electron chi connectivity index (χ1n) is 6.93. The highest BCUT2D eigenvalue weighted by atomic mass is 16.4. The summed E-state index contributed by atoms with van der Waals surface area (Å²) < 4.78 is 0. The van der Waals surface area contributed by atoms with E-state index in [1.54, 1.807) is 0 Å². The number of nitrogens with zero attached hydrogens (tertiary/aromatic N) is 1. The Morgan fingerprint density at radius 1 is 1.11 bits per heavy atom. The van der Waals surface area contributed by atoms with Crippen molar-refractivity contribution in [3.63, 3.8) is 0 Å². The summed E-state index contributed by atoms with van der Waals surface area (Å²) in [5, 5.41) is 14.1. The van der Waals surface area contributed by atoms with Gasteiger partial charge in [0, 0.05) is 19.4 Å². The molecule has 0 heterocycles. The molecule has 0 bridgehead atoms. The lowest BCUT2D eigenvalue weighted by Gasteiger charge is -2.05. The van der Waals surface area contributed by atoms with Crippen molar-refractivity contribution in [1.29, 1.82) is 0 Å². The van der Waals surface area contributed by atoms with Gasteiger partial charge in [0.05, 0.1) is 0 Å². The number of carbonyl (C=O) groups is 1. The predicted molar refractivity (Wildman–Crippen MR) is 73.6 cm³/mol. The average molecular weight is 257 g/mol. The second kappa shape index (κ2) is 12.2. The van der Waals surface area contributed by atoms with E-state index in [1.807, 2.05) is 0 Å². The van der Waals surface area contributed by atoms with Crippen molar-refractivity contribution >= 4 is 11.7 Å². The van der Waals surface area contributed by atoms with Crippen molar-refractivity contribution in [2.24, 2.45) is 10.9 Å². The maximum absolute atomic E-state index is 11.4. The molecule has 0 unspecified atom stereocenters. The van der Waals surface area contributed by atoms with Crippen LogP contribution in [-0.2, 0) is 4.79 Å². The van der Waals surface area contributed by atoms with Crippen LogP contribution in [0.5, 0.6) is 0 Å². The van der Waals surface area contributed by atoms with Gasteiger partial charge in [-0.3, -0.25) is 4.79 Å². The number of oxime groups is 1. The third-order valence-corrected chi connectivity index (χ3v) is 2.82. The van der Waals surface area contributed by atoms with Crippen LogP contribution < -0.4 is 11.1 Å². The van der Waals surface area contributed by atoms with E-state index in [2.05, 4.69) is 17.4 Å². The standard InChI is InChI=1S/C13H27N3O2/c1-2-3-4-5-6-10-13(17)15-11-8-7-9-12(14)16-18/h18H,2-11H2,1H3,(H2,14,16)(H,15,17). The van der Waals surface area contributed by atoms with Gasteiger partial charge in [-0.05, 0) is 19.3 Å². The Balaban J connectivity index is 3.27. The molecule has 0 aromatic heterocycles. The largest absolute Gasteiger partial charge is 0.409 e. The van der Waals surface area contributed by atoms with Gasteiger partial charge in [0.1, 0.15) is 5.84 Å². The summed E-state index contributed by atoms with van der Waals surface area (Å²) in [6.07, 6.45) is 8.73. The van der Waals surface area contributed by atoms with Crippen molar-refractivity contribution in [1.82, 2.24) is 5.32 Å². The Morgan fingerprint density at radius 3 is 2.44 bits per heavy atom. The number of rotatable bonds is 11. The third-order valence-electron chi connectivity index (χ3n) is 2.82. The van der Waals surface area contributed by atoms with E-state index in [0.29, 0.717) is 19.4 Å². The lowest BCUT2D eigenvalue weighted by Crippen LogP contribution is -2.24. The normalized spacial score (nSPS) is 11.5. The second-order valence-electron chi connectivity index (χ2n) is 4.56. The van der Waals surface area contributed by atoms with E-state index in [-0.39, 0.29) is 11.7 Å². The van der Waals surface area contributed by atoms with Gasteiger partial charge < -0.3 is 16.3 Å². The molecule has 5 heteroatoms. The van der Waals surface area contributed by atoms with E-state index in [1.165, 1.54) is 19.3 Å². The first-order chi connectivity index (χ1) is 8.70. The molecule has 18 heavy (non-hydrogen) atoms. The van der Waals surface area contributed by atoms with Crippen molar-refractivity contribution in [2.45, 2.75) is 64.7 Å². The molecule has 4 N–H and O–H groups in total.